The van der Waals surface area contributed by atoms with E-state index in [-0.39, 0.29) is 0 Å². The van der Waals surface area contributed by atoms with E-state index in [1.165, 1.54) is 0 Å². The van der Waals surface area contributed by atoms with E-state index >= 15 is 0 Å². The summed E-state index contributed by atoms with van der Waals surface area (Å²) >= 11 is 5.61. The fourth-order valence-electron chi connectivity index (χ4n) is 0.727. The molecule has 0 bridgehead atoms. The zero-order chi connectivity index (χ0) is 8.91. The van der Waals surface area contributed by atoms with E-state index in [0.29, 0.717) is 5.92 Å². The van der Waals surface area contributed by atoms with Crippen LogP contribution in [0.5, 0.6) is 0 Å². The van der Waals surface area contributed by atoms with E-state index in [1.54, 1.807) is 0 Å². The van der Waals surface area contributed by atoms with Crippen LogP contribution in [0.1, 0.15) is 26.7 Å². The lowest BCUT2D eigenvalue weighted by molar-refractivity contribution is 0.500. The van der Waals surface area contributed by atoms with Gasteiger partial charge in [-0.15, -0.1) is 0 Å². The van der Waals surface area contributed by atoms with Crippen molar-refractivity contribution in [3.8, 4) is 0 Å². The zero-order valence-corrected chi connectivity index (χ0v) is 9.38. The lowest BCUT2D eigenvalue weighted by Gasteiger charge is -2.13. The first-order valence-electron chi connectivity index (χ1n) is 3.69. The molecule has 2 nitrogen and oxygen atoms in total. The summed E-state index contributed by atoms with van der Waals surface area (Å²) in [4.78, 5) is 17.8. The fourth-order valence-corrected chi connectivity index (χ4v) is 3.37. The van der Waals surface area contributed by atoms with Gasteiger partial charge in [0.05, 0.1) is 0 Å². The molecule has 0 aromatic heterocycles. The highest BCUT2D eigenvalue weighted by Gasteiger charge is 2.11. The van der Waals surface area contributed by atoms with Gasteiger partial charge >= 0.3 is 0 Å². The first-order chi connectivity index (χ1) is 4.99. The van der Waals surface area contributed by atoms with Crippen LogP contribution in [0.3, 0.4) is 0 Å². The molecule has 5 heteroatoms. The van der Waals surface area contributed by atoms with E-state index in [9.17, 15) is 0 Å². The molecule has 0 fully saturated rings. The van der Waals surface area contributed by atoms with Crippen LogP contribution in [0, 0.1) is 5.92 Å². The molecule has 0 spiro atoms. The molecule has 0 aliphatic carbocycles. The highest BCUT2D eigenvalue weighted by Crippen LogP contribution is 2.51. The fraction of sp³-hybridized carbons (Fsp3) is 1.00. The van der Waals surface area contributed by atoms with Gasteiger partial charge in [0.15, 0.2) is 0 Å². The normalized spacial score (nSPS) is 12.5. The molecule has 0 radical (unpaired) electrons. The van der Waals surface area contributed by atoms with Crippen molar-refractivity contribution in [3.05, 3.63) is 0 Å². The third kappa shape index (κ3) is 7.29. The molecular formula is C6H15O2PS2. The maximum absolute atomic E-state index is 8.90. The van der Waals surface area contributed by atoms with Crippen LogP contribution in [0.25, 0.3) is 0 Å². The predicted octanol–water partition coefficient (Wildman–Crippen LogP) is 2.36. The Morgan fingerprint density at radius 2 is 1.82 bits per heavy atom. The minimum Gasteiger partial charge on any atom is -0.338 e. The van der Waals surface area contributed by atoms with Crippen molar-refractivity contribution in [3.63, 3.8) is 0 Å². The quantitative estimate of drug-likeness (QED) is 0.689. The molecule has 0 saturated carbocycles. The van der Waals surface area contributed by atoms with Crippen LogP contribution in [0.4, 0.5) is 0 Å². The summed E-state index contributed by atoms with van der Waals surface area (Å²) in [5, 5.41) is 0. The van der Waals surface area contributed by atoms with Gasteiger partial charge in [0.1, 0.15) is 0 Å². The van der Waals surface area contributed by atoms with Crippen LogP contribution in [-0.4, -0.2) is 15.5 Å². The Bertz CT molecular complexity index is 142. The predicted molar refractivity (Wildman–Crippen MR) is 55.3 cm³/mol. The Balaban J connectivity index is 3.59. The molecule has 0 aliphatic heterocycles. The van der Waals surface area contributed by atoms with Crippen molar-refractivity contribution in [1.82, 2.24) is 0 Å². The van der Waals surface area contributed by atoms with E-state index in [2.05, 4.69) is 25.7 Å². The van der Waals surface area contributed by atoms with Crippen LogP contribution >= 0.6 is 17.1 Å². The monoisotopic (exact) mass is 214 g/mol. The van der Waals surface area contributed by atoms with Crippen LogP contribution in [-0.2, 0) is 11.8 Å². The first-order valence-corrected chi connectivity index (χ1v) is 7.99. The summed E-state index contributed by atoms with van der Waals surface area (Å²) in [7, 11) is 0. The van der Waals surface area contributed by atoms with Gasteiger partial charge in [0, 0.05) is 5.75 Å². The van der Waals surface area contributed by atoms with Crippen molar-refractivity contribution < 1.29 is 9.79 Å². The molecule has 0 aromatic rings. The number of rotatable bonds is 5. The molecule has 0 atom stereocenters. The summed E-state index contributed by atoms with van der Waals surface area (Å²) < 4.78 is 0. The Morgan fingerprint density at radius 1 is 1.36 bits per heavy atom. The molecule has 0 aliphatic rings. The smallest absolute Gasteiger partial charge is 0.242 e. The Kier molecular flexibility index (Phi) is 6.01. The third-order valence-corrected chi connectivity index (χ3v) is 4.99. The zero-order valence-electron chi connectivity index (χ0n) is 6.86. The minimum absolute atomic E-state index is 0.571. The molecule has 0 unspecified atom stereocenters. The van der Waals surface area contributed by atoms with E-state index in [1.807, 2.05) is 0 Å². The summed E-state index contributed by atoms with van der Waals surface area (Å²) in [6, 6.07) is 0. The summed E-state index contributed by atoms with van der Waals surface area (Å²) in [5.74, 6) is 1.35. The highest BCUT2D eigenvalue weighted by molar-refractivity contribution is 8.67. The molecule has 11 heavy (non-hydrogen) atoms. The van der Waals surface area contributed by atoms with Crippen molar-refractivity contribution in [2.75, 3.05) is 5.75 Å². The minimum atomic E-state index is -3.00. The van der Waals surface area contributed by atoms with Gasteiger partial charge in [-0.1, -0.05) is 38.1 Å². The maximum Gasteiger partial charge on any atom is 0.242 e. The van der Waals surface area contributed by atoms with E-state index in [0.717, 1.165) is 30.0 Å². The molecule has 0 heterocycles. The van der Waals surface area contributed by atoms with Gasteiger partial charge < -0.3 is 9.79 Å². The van der Waals surface area contributed by atoms with Gasteiger partial charge in [0.25, 0.3) is 0 Å². The number of hydrogen-bond acceptors (Lipinski definition) is 2. The van der Waals surface area contributed by atoms with Gasteiger partial charge in [-0.05, 0) is 17.7 Å². The Morgan fingerprint density at radius 3 is 2.09 bits per heavy atom. The largest absolute Gasteiger partial charge is 0.338 e. The number of hydrogen-bond donors (Lipinski definition) is 2. The third-order valence-electron chi connectivity index (χ3n) is 1.63. The summed E-state index contributed by atoms with van der Waals surface area (Å²) in [5.41, 5.74) is -3.00. The van der Waals surface area contributed by atoms with Crippen molar-refractivity contribution in [2.45, 2.75) is 26.7 Å². The second kappa shape index (κ2) is 5.55. The van der Waals surface area contributed by atoms with E-state index < -0.39 is 5.69 Å². The Labute approximate surface area is 77.3 Å². The topological polar surface area (TPSA) is 40.5 Å². The second-order valence-electron chi connectivity index (χ2n) is 2.47. The summed E-state index contributed by atoms with van der Waals surface area (Å²) in [6.07, 6.45) is 2.16. The van der Waals surface area contributed by atoms with Gasteiger partial charge in [-0.2, -0.15) is 0 Å². The molecular weight excluding hydrogens is 199 g/mol. The second-order valence-corrected chi connectivity index (χ2v) is 8.56. The average molecular weight is 214 g/mol. The first kappa shape index (κ1) is 11.9. The molecule has 0 aromatic carbocycles. The van der Waals surface area contributed by atoms with Crippen molar-refractivity contribution in [2.24, 2.45) is 5.92 Å². The highest BCUT2D eigenvalue weighted by atomic mass is 32.9. The molecule has 0 saturated heterocycles. The average Bonchev–Trinajstić information content (AvgIpc) is 1.88. The van der Waals surface area contributed by atoms with Gasteiger partial charge in [-0.3, -0.25) is 0 Å². The van der Waals surface area contributed by atoms with E-state index in [4.69, 9.17) is 9.79 Å². The van der Waals surface area contributed by atoms with Crippen molar-refractivity contribution in [1.29, 1.82) is 0 Å². The van der Waals surface area contributed by atoms with Gasteiger partial charge in [-0.25, -0.2) is 0 Å². The van der Waals surface area contributed by atoms with Crippen LogP contribution in [0.2, 0.25) is 0 Å². The SMILES string of the molecule is CCC(CC)CSP(O)(O)=S. The standard InChI is InChI=1S/C6H15O2PS2/c1-3-6(4-2)5-11-9(7,8)10/h6H,3-5H2,1-2H3,(H2,7,8,10). The molecule has 2 N–H and O–H groups in total. The van der Waals surface area contributed by atoms with Crippen molar-refractivity contribution >= 4 is 28.9 Å². The lowest BCUT2D eigenvalue weighted by Crippen LogP contribution is -1.99. The Hall–Kier alpha value is 0.920. The molecule has 0 rings (SSSR count). The summed E-state index contributed by atoms with van der Waals surface area (Å²) in [6.45, 7) is 4.21. The maximum atomic E-state index is 8.90. The van der Waals surface area contributed by atoms with Crippen LogP contribution < -0.4 is 0 Å². The molecule has 68 valence electrons. The van der Waals surface area contributed by atoms with Crippen LogP contribution in [0.15, 0.2) is 0 Å². The lowest BCUT2D eigenvalue weighted by atomic mass is 10.1. The molecule has 0 amide bonds. The van der Waals surface area contributed by atoms with Gasteiger partial charge in [0.2, 0.25) is 5.69 Å².